The molecule has 1 aliphatic carbocycles. The maximum Gasteiger partial charge on any atom is 0.200 e. The monoisotopic (exact) mass is 512 g/mol. The summed E-state index contributed by atoms with van der Waals surface area (Å²) in [6.07, 6.45) is 7.88. The van der Waals surface area contributed by atoms with Crippen molar-refractivity contribution in [2.24, 2.45) is 0 Å². The largest absolute Gasteiger partial charge is 0.487 e. The smallest absolute Gasteiger partial charge is 0.200 e. The van der Waals surface area contributed by atoms with E-state index in [0.717, 1.165) is 47.7 Å². The number of aromatic nitrogens is 5. The number of hydrogen-bond donors (Lipinski definition) is 3. The van der Waals surface area contributed by atoms with E-state index < -0.39 is 17.7 Å². The third kappa shape index (κ3) is 5.01. The Hall–Kier alpha value is -3.57. The third-order valence-corrected chi connectivity index (χ3v) is 6.82. The van der Waals surface area contributed by atoms with Gasteiger partial charge in [-0.2, -0.15) is 14.6 Å². The number of nitrogens with zero attached hydrogens (tertiary/aromatic N) is 5. The second-order valence-corrected chi connectivity index (χ2v) is 9.24. The zero-order chi connectivity index (χ0) is 25.9. The first-order chi connectivity index (χ1) is 18.0. The molecule has 0 saturated heterocycles. The number of rotatable bonds is 9. The summed E-state index contributed by atoms with van der Waals surface area (Å²) in [5, 5.41) is 32.4. The van der Waals surface area contributed by atoms with E-state index in [1.165, 1.54) is 16.8 Å². The molecule has 3 N–H and O–H groups in total. The van der Waals surface area contributed by atoms with Crippen LogP contribution < -0.4 is 10.1 Å². The molecule has 0 bridgehead atoms. The van der Waals surface area contributed by atoms with Gasteiger partial charge in [-0.25, -0.2) is 9.37 Å². The lowest BCUT2D eigenvalue weighted by Gasteiger charge is -2.29. The molecule has 0 unspecified atom stereocenters. The molecular formula is C26H30F2N6O3. The molecule has 4 aromatic rings. The predicted molar refractivity (Wildman–Crippen MR) is 134 cm³/mol. The number of pyridine rings is 1. The zero-order valence-electron chi connectivity index (χ0n) is 20.5. The topological polar surface area (TPSA) is 110 Å². The molecule has 0 atom stereocenters. The maximum absolute atomic E-state index is 14.1. The molecule has 5 rings (SSSR count). The summed E-state index contributed by atoms with van der Waals surface area (Å²) >= 11 is 0. The van der Waals surface area contributed by atoms with Gasteiger partial charge in [0.15, 0.2) is 11.6 Å². The van der Waals surface area contributed by atoms with Gasteiger partial charge in [-0.3, -0.25) is 9.36 Å². The van der Waals surface area contributed by atoms with E-state index in [2.05, 4.69) is 15.4 Å². The van der Waals surface area contributed by atoms with Crippen LogP contribution >= 0.6 is 0 Å². The van der Waals surface area contributed by atoms with E-state index >= 15 is 0 Å². The van der Waals surface area contributed by atoms with Crippen LogP contribution in [0.3, 0.4) is 0 Å². The van der Waals surface area contributed by atoms with E-state index in [9.17, 15) is 19.0 Å². The molecular weight excluding hydrogens is 482 g/mol. The zero-order valence-corrected chi connectivity index (χ0v) is 20.5. The quantitative estimate of drug-likeness (QED) is 0.310. The van der Waals surface area contributed by atoms with E-state index in [1.807, 2.05) is 17.7 Å². The number of anilines is 1. The second-order valence-electron chi connectivity index (χ2n) is 9.24. The highest BCUT2D eigenvalue weighted by Gasteiger charge is 2.28. The number of hydrogen-bond acceptors (Lipinski definition) is 7. The Morgan fingerprint density at radius 3 is 2.65 bits per heavy atom. The number of aliphatic hydroxyl groups excluding tert-OH is 2. The van der Waals surface area contributed by atoms with Crippen LogP contribution in [0.5, 0.6) is 5.75 Å². The summed E-state index contributed by atoms with van der Waals surface area (Å²) < 4.78 is 37.0. The highest BCUT2D eigenvalue weighted by Crippen LogP contribution is 2.37. The standard InChI is InChI=1S/C26H30F2N6O3/c1-2-29-24-10-22-20(12-30-24)26(16-11-31-33(13-16)18(14-35)15-36)32-34(22)17-6-8-19(9-7-17)37-23-5-3-4-21(27)25(23)28/h3-5,10-13,17-19,35-36H,2,6-9,14-15H2,1H3,(H,29,30)/t17-,19+. The van der Waals surface area contributed by atoms with Crippen LogP contribution in [0.2, 0.25) is 0 Å². The maximum atomic E-state index is 14.1. The van der Waals surface area contributed by atoms with Crippen molar-refractivity contribution in [2.75, 3.05) is 25.1 Å². The lowest BCUT2D eigenvalue weighted by atomic mass is 9.93. The molecule has 1 aliphatic rings. The minimum absolute atomic E-state index is 0.0577. The van der Waals surface area contributed by atoms with Crippen LogP contribution in [0.25, 0.3) is 22.2 Å². The fraction of sp³-hybridized carbons (Fsp3) is 0.423. The van der Waals surface area contributed by atoms with Crippen LogP contribution in [0.15, 0.2) is 42.9 Å². The molecule has 0 amide bonds. The number of fused-ring (bicyclic) bond motifs is 1. The average Bonchev–Trinajstić information content (AvgIpc) is 3.53. The van der Waals surface area contributed by atoms with Crippen molar-refractivity contribution in [2.45, 2.75) is 50.8 Å². The SMILES string of the molecule is CCNc1cc2c(cn1)c(-c1cnn(C(CO)CO)c1)nn2[C@H]1CC[C@@H](Oc2cccc(F)c2F)CC1. The van der Waals surface area contributed by atoms with Crippen LogP contribution in [0, 0.1) is 11.6 Å². The van der Waals surface area contributed by atoms with E-state index in [4.69, 9.17) is 9.84 Å². The molecule has 9 nitrogen and oxygen atoms in total. The lowest BCUT2D eigenvalue weighted by molar-refractivity contribution is 0.125. The first-order valence-electron chi connectivity index (χ1n) is 12.5. The molecule has 3 aromatic heterocycles. The molecule has 1 aromatic carbocycles. The van der Waals surface area contributed by atoms with Gasteiger partial charge in [-0.1, -0.05) is 6.07 Å². The van der Waals surface area contributed by atoms with Gasteiger partial charge in [0, 0.05) is 36.0 Å². The van der Waals surface area contributed by atoms with Crippen molar-refractivity contribution in [3.63, 3.8) is 0 Å². The molecule has 0 spiro atoms. The number of ether oxygens (including phenoxy) is 1. The van der Waals surface area contributed by atoms with Crippen LogP contribution in [0.1, 0.15) is 44.7 Å². The molecule has 1 fully saturated rings. The number of halogens is 2. The van der Waals surface area contributed by atoms with Gasteiger partial charge < -0.3 is 20.3 Å². The molecule has 37 heavy (non-hydrogen) atoms. The van der Waals surface area contributed by atoms with Gasteiger partial charge in [0.1, 0.15) is 11.5 Å². The van der Waals surface area contributed by atoms with E-state index in [-0.39, 0.29) is 31.1 Å². The Morgan fingerprint density at radius 1 is 1.14 bits per heavy atom. The molecule has 196 valence electrons. The highest BCUT2D eigenvalue weighted by atomic mass is 19.2. The third-order valence-electron chi connectivity index (χ3n) is 6.82. The number of aliphatic hydroxyl groups is 2. The van der Waals surface area contributed by atoms with Crippen LogP contribution in [-0.4, -0.2) is 60.6 Å². The van der Waals surface area contributed by atoms with Crippen LogP contribution in [-0.2, 0) is 0 Å². The fourth-order valence-corrected chi connectivity index (χ4v) is 4.85. The Kier molecular flexibility index (Phi) is 7.33. The van der Waals surface area contributed by atoms with Gasteiger partial charge in [0.2, 0.25) is 5.82 Å². The number of nitrogens with one attached hydrogen (secondary N) is 1. The molecule has 0 aliphatic heterocycles. The van der Waals surface area contributed by atoms with E-state index in [0.29, 0.717) is 18.5 Å². The Morgan fingerprint density at radius 2 is 1.92 bits per heavy atom. The minimum Gasteiger partial charge on any atom is -0.487 e. The summed E-state index contributed by atoms with van der Waals surface area (Å²) in [6.45, 7) is 2.27. The minimum atomic E-state index is -0.957. The predicted octanol–water partition coefficient (Wildman–Crippen LogP) is 4.09. The van der Waals surface area contributed by atoms with Gasteiger partial charge in [-0.15, -0.1) is 0 Å². The van der Waals surface area contributed by atoms with Gasteiger partial charge in [0.25, 0.3) is 0 Å². The summed E-state index contributed by atoms with van der Waals surface area (Å²) in [5.41, 5.74) is 2.40. The first kappa shape index (κ1) is 25.1. The normalized spacial score (nSPS) is 18.0. The summed E-state index contributed by atoms with van der Waals surface area (Å²) in [7, 11) is 0. The number of benzene rings is 1. The van der Waals surface area contributed by atoms with Crippen molar-refractivity contribution in [3.8, 4) is 17.0 Å². The van der Waals surface area contributed by atoms with Crippen molar-refractivity contribution in [1.82, 2.24) is 24.5 Å². The van der Waals surface area contributed by atoms with Gasteiger partial charge in [0.05, 0.1) is 43.1 Å². The lowest BCUT2D eigenvalue weighted by Crippen LogP contribution is -2.26. The van der Waals surface area contributed by atoms with Gasteiger partial charge in [-0.05, 0) is 44.7 Å². The summed E-state index contributed by atoms with van der Waals surface area (Å²) in [5.74, 6) is -1.18. The highest BCUT2D eigenvalue weighted by molar-refractivity contribution is 5.93. The van der Waals surface area contributed by atoms with Crippen molar-refractivity contribution < 1.29 is 23.7 Å². The fourth-order valence-electron chi connectivity index (χ4n) is 4.85. The molecule has 0 radical (unpaired) electrons. The van der Waals surface area contributed by atoms with E-state index in [1.54, 1.807) is 18.6 Å². The van der Waals surface area contributed by atoms with Gasteiger partial charge >= 0.3 is 0 Å². The Labute approximate surface area is 212 Å². The summed E-state index contributed by atoms with van der Waals surface area (Å²) in [4.78, 5) is 4.53. The average molecular weight is 513 g/mol. The van der Waals surface area contributed by atoms with Crippen LogP contribution in [0.4, 0.5) is 14.6 Å². The second kappa shape index (κ2) is 10.8. The molecule has 11 heteroatoms. The molecule has 1 saturated carbocycles. The van der Waals surface area contributed by atoms with Crippen molar-refractivity contribution in [1.29, 1.82) is 0 Å². The van der Waals surface area contributed by atoms with Crippen molar-refractivity contribution in [3.05, 3.63) is 54.5 Å². The molecule has 3 heterocycles. The van der Waals surface area contributed by atoms with Crippen molar-refractivity contribution >= 4 is 16.7 Å². The Balaban J connectivity index is 1.42. The Bertz CT molecular complexity index is 1360. The first-order valence-corrected chi connectivity index (χ1v) is 12.5. The summed E-state index contributed by atoms with van der Waals surface area (Å²) in [6, 6.07) is 5.51.